The first kappa shape index (κ1) is 18.2. The van der Waals surface area contributed by atoms with E-state index >= 15 is 0 Å². The zero-order chi connectivity index (χ0) is 18.7. The molecule has 8 heteroatoms. The third-order valence-electron chi connectivity index (χ3n) is 3.85. The van der Waals surface area contributed by atoms with Crippen molar-refractivity contribution in [2.24, 2.45) is 0 Å². The number of hydrogen-bond donors (Lipinski definition) is 2. The average Bonchev–Trinajstić information content (AvgIpc) is 3.25. The predicted octanol–water partition coefficient (Wildman–Crippen LogP) is 3.68. The first-order chi connectivity index (χ1) is 12.4. The second-order valence-corrected chi connectivity index (χ2v) is 7.64. The highest BCUT2D eigenvalue weighted by Crippen LogP contribution is 2.24. The van der Waals surface area contributed by atoms with Gasteiger partial charge in [0.1, 0.15) is 5.82 Å². The molecule has 1 unspecified atom stereocenters. The van der Waals surface area contributed by atoms with Crippen LogP contribution in [-0.4, -0.2) is 36.1 Å². The molecular formula is C18H22N6OS. The molecular weight excluding hydrogens is 348 g/mol. The Balaban J connectivity index is 1.64. The standard InChI is InChI=1S/C18H22N6OS/c1-11(2)24-15(9-10-19-24)20-17(25)13(4)26-18-21-16(22-23-18)14-7-5-12(3)6-8-14/h5-11,13H,1-4H3,(H,20,25)(H,21,22,23). The molecule has 1 amide bonds. The molecule has 136 valence electrons. The summed E-state index contributed by atoms with van der Waals surface area (Å²) in [5.74, 6) is 1.27. The van der Waals surface area contributed by atoms with Gasteiger partial charge in [-0.3, -0.25) is 9.89 Å². The van der Waals surface area contributed by atoms with Crippen molar-refractivity contribution in [2.75, 3.05) is 5.32 Å². The van der Waals surface area contributed by atoms with E-state index in [9.17, 15) is 4.79 Å². The van der Waals surface area contributed by atoms with Gasteiger partial charge in [0.05, 0.1) is 11.4 Å². The second kappa shape index (κ2) is 7.74. The molecule has 2 N–H and O–H groups in total. The molecule has 0 saturated heterocycles. The molecule has 1 aromatic carbocycles. The van der Waals surface area contributed by atoms with Crippen molar-refractivity contribution in [3.05, 3.63) is 42.1 Å². The largest absolute Gasteiger partial charge is 0.310 e. The Bertz CT molecular complexity index is 883. The van der Waals surface area contributed by atoms with Crippen LogP contribution in [0, 0.1) is 6.92 Å². The summed E-state index contributed by atoms with van der Waals surface area (Å²) in [5, 5.41) is 14.5. The number of H-pyrrole nitrogens is 1. The van der Waals surface area contributed by atoms with Gasteiger partial charge in [0.2, 0.25) is 11.1 Å². The quantitative estimate of drug-likeness (QED) is 0.646. The number of benzene rings is 1. The first-order valence-electron chi connectivity index (χ1n) is 8.44. The summed E-state index contributed by atoms with van der Waals surface area (Å²) in [6.45, 7) is 7.90. The number of nitrogens with zero attached hydrogens (tertiary/aromatic N) is 4. The number of thioether (sulfide) groups is 1. The van der Waals surface area contributed by atoms with Gasteiger partial charge in [-0.15, -0.1) is 5.10 Å². The van der Waals surface area contributed by atoms with E-state index in [2.05, 4.69) is 25.6 Å². The summed E-state index contributed by atoms with van der Waals surface area (Å²) in [5.41, 5.74) is 2.15. The van der Waals surface area contributed by atoms with Crippen molar-refractivity contribution in [1.29, 1.82) is 0 Å². The topological polar surface area (TPSA) is 88.5 Å². The highest BCUT2D eigenvalue weighted by molar-refractivity contribution is 8.00. The number of nitrogens with one attached hydrogen (secondary N) is 2. The number of carbonyl (C=O) groups excluding carboxylic acids is 1. The van der Waals surface area contributed by atoms with E-state index < -0.39 is 0 Å². The molecule has 3 aromatic rings. The molecule has 2 heterocycles. The third-order valence-corrected chi connectivity index (χ3v) is 4.81. The monoisotopic (exact) mass is 370 g/mol. The summed E-state index contributed by atoms with van der Waals surface area (Å²) in [6.07, 6.45) is 1.68. The summed E-state index contributed by atoms with van der Waals surface area (Å²) in [7, 11) is 0. The van der Waals surface area contributed by atoms with Gasteiger partial charge in [0.15, 0.2) is 5.82 Å². The zero-order valence-corrected chi connectivity index (χ0v) is 16.0. The Labute approximate surface area is 156 Å². The van der Waals surface area contributed by atoms with Crippen LogP contribution >= 0.6 is 11.8 Å². The molecule has 0 radical (unpaired) electrons. The van der Waals surface area contributed by atoms with Crippen molar-refractivity contribution in [3.8, 4) is 11.4 Å². The van der Waals surface area contributed by atoms with Crippen LogP contribution in [0.4, 0.5) is 5.82 Å². The predicted molar refractivity (Wildman–Crippen MR) is 103 cm³/mol. The maximum Gasteiger partial charge on any atom is 0.238 e. The van der Waals surface area contributed by atoms with Gasteiger partial charge in [-0.1, -0.05) is 41.6 Å². The van der Waals surface area contributed by atoms with E-state index in [0.29, 0.717) is 16.8 Å². The molecule has 0 spiro atoms. The van der Waals surface area contributed by atoms with Crippen LogP contribution in [0.3, 0.4) is 0 Å². The molecule has 3 rings (SSSR count). The van der Waals surface area contributed by atoms with E-state index in [1.807, 2.05) is 52.0 Å². The van der Waals surface area contributed by atoms with E-state index in [1.54, 1.807) is 16.9 Å². The lowest BCUT2D eigenvalue weighted by atomic mass is 10.1. The summed E-state index contributed by atoms with van der Waals surface area (Å²) < 4.78 is 1.78. The average molecular weight is 370 g/mol. The van der Waals surface area contributed by atoms with Crippen LogP contribution in [0.2, 0.25) is 0 Å². The number of amides is 1. The summed E-state index contributed by atoms with van der Waals surface area (Å²) >= 11 is 1.31. The van der Waals surface area contributed by atoms with Gasteiger partial charge in [0.25, 0.3) is 0 Å². The van der Waals surface area contributed by atoms with E-state index in [-0.39, 0.29) is 17.2 Å². The fourth-order valence-corrected chi connectivity index (χ4v) is 3.13. The fraction of sp³-hybridized carbons (Fsp3) is 0.333. The van der Waals surface area contributed by atoms with Crippen molar-refractivity contribution < 1.29 is 4.79 Å². The summed E-state index contributed by atoms with van der Waals surface area (Å²) in [6, 6.07) is 10.0. The number of rotatable bonds is 6. The lowest BCUT2D eigenvalue weighted by molar-refractivity contribution is -0.115. The molecule has 0 aliphatic rings. The van der Waals surface area contributed by atoms with Crippen LogP contribution in [-0.2, 0) is 4.79 Å². The molecule has 0 aliphatic carbocycles. The van der Waals surface area contributed by atoms with Crippen molar-refractivity contribution in [1.82, 2.24) is 25.0 Å². The molecule has 0 aliphatic heterocycles. The van der Waals surface area contributed by atoms with Crippen molar-refractivity contribution >= 4 is 23.5 Å². The second-order valence-electron chi connectivity index (χ2n) is 6.34. The minimum Gasteiger partial charge on any atom is -0.310 e. The SMILES string of the molecule is Cc1ccc(-c2nc(SC(C)C(=O)Nc3ccnn3C(C)C)n[nH]2)cc1. The first-order valence-corrected chi connectivity index (χ1v) is 9.32. The van der Waals surface area contributed by atoms with E-state index in [0.717, 1.165) is 5.56 Å². The molecule has 26 heavy (non-hydrogen) atoms. The maximum atomic E-state index is 12.5. The number of aromatic amines is 1. The number of hydrogen-bond acceptors (Lipinski definition) is 5. The number of aryl methyl sites for hydroxylation is 1. The third kappa shape index (κ3) is 4.13. The Morgan fingerprint density at radius 1 is 1.19 bits per heavy atom. The van der Waals surface area contributed by atoms with Gasteiger partial charge in [-0.25, -0.2) is 9.67 Å². The highest BCUT2D eigenvalue weighted by atomic mass is 32.2. The zero-order valence-electron chi connectivity index (χ0n) is 15.2. The molecule has 2 aromatic heterocycles. The molecule has 0 saturated carbocycles. The van der Waals surface area contributed by atoms with Crippen LogP contribution in [0.15, 0.2) is 41.7 Å². The van der Waals surface area contributed by atoms with Gasteiger partial charge >= 0.3 is 0 Å². The molecule has 0 fully saturated rings. The summed E-state index contributed by atoms with van der Waals surface area (Å²) in [4.78, 5) is 16.9. The Morgan fingerprint density at radius 3 is 2.62 bits per heavy atom. The normalized spacial score (nSPS) is 12.3. The van der Waals surface area contributed by atoms with Gasteiger partial charge in [-0.05, 0) is 27.7 Å². The minimum atomic E-state index is -0.341. The Hall–Kier alpha value is -2.61. The maximum absolute atomic E-state index is 12.5. The fourth-order valence-electron chi connectivity index (χ4n) is 2.40. The van der Waals surface area contributed by atoms with E-state index in [4.69, 9.17) is 0 Å². The number of carbonyl (C=O) groups is 1. The van der Waals surface area contributed by atoms with Crippen LogP contribution in [0.1, 0.15) is 32.4 Å². The lowest BCUT2D eigenvalue weighted by Gasteiger charge is -2.14. The van der Waals surface area contributed by atoms with Crippen LogP contribution < -0.4 is 5.32 Å². The van der Waals surface area contributed by atoms with Crippen LogP contribution in [0.5, 0.6) is 0 Å². The molecule has 1 atom stereocenters. The van der Waals surface area contributed by atoms with Crippen molar-refractivity contribution in [3.63, 3.8) is 0 Å². The van der Waals surface area contributed by atoms with Crippen LogP contribution in [0.25, 0.3) is 11.4 Å². The van der Waals surface area contributed by atoms with Gasteiger partial charge < -0.3 is 5.32 Å². The highest BCUT2D eigenvalue weighted by Gasteiger charge is 2.19. The smallest absolute Gasteiger partial charge is 0.238 e. The van der Waals surface area contributed by atoms with Gasteiger partial charge in [0, 0.05) is 17.7 Å². The lowest BCUT2D eigenvalue weighted by Crippen LogP contribution is -2.24. The number of aromatic nitrogens is 5. The Morgan fingerprint density at radius 2 is 1.92 bits per heavy atom. The number of anilines is 1. The Kier molecular flexibility index (Phi) is 5.41. The minimum absolute atomic E-state index is 0.112. The van der Waals surface area contributed by atoms with Gasteiger partial charge in [-0.2, -0.15) is 5.10 Å². The van der Waals surface area contributed by atoms with Crippen molar-refractivity contribution in [2.45, 2.75) is 44.1 Å². The van der Waals surface area contributed by atoms with E-state index in [1.165, 1.54) is 17.3 Å². The molecule has 7 nitrogen and oxygen atoms in total. The molecule has 0 bridgehead atoms.